The second kappa shape index (κ2) is 5.75. The van der Waals surface area contributed by atoms with Crippen LogP contribution in [0.4, 0.5) is 8.78 Å². The Balaban J connectivity index is 2.31. The molecule has 0 spiro atoms. The first kappa shape index (κ1) is 13.4. The molecule has 0 saturated heterocycles. The van der Waals surface area contributed by atoms with Crippen molar-refractivity contribution < 1.29 is 13.3 Å². The third kappa shape index (κ3) is 2.70. The van der Waals surface area contributed by atoms with Crippen LogP contribution in [-0.4, -0.2) is 16.0 Å². The number of nitrogens with zero attached hydrogens (tertiary/aromatic N) is 2. The van der Waals surface area contributed by atoms with E-state index in [1.54, 1.807) is 0 Å². The third-order valence-corrected chi connectivity index (χ3v) is 3.31. The first-order chi connectivity index (χ1) is 8.63. The fourth-order valence-corrected chi connectivity index (χ4v) is 2.01. The van der Waals surface area contributed by atoms with E-state index in [0.717, 1.165) is 6.07 Å². The van der Waals surface area contributed by atoms with Gasteiger partial charge in [-0.1, -0.05) is 5.16 Å². The zero-order valence-electron chi connectivity index (χ0n) is 9.09. The molecular weight excluding hydrogens is 329 g/mol. The normalized spacial score (nSPS) is 10.9. The SMILES string of the molecule is Fc1ccc(-c2noc(CCCCl)n2)c(Br)c1F. The summed E-state index contributed by atoms with van der Waals surface area (Å²) in [6.07, 6.45) is 1.26. The Morgan fingerprint density at radius 2 is 2.11 bits per heavy atom. The highest BCUT2D eigenvalue weighted by molar-refractivity contribution is 9.10. The zero-order valence-corrected chi connectivity index (χ0v) is 11.4. The Bertz CT molecular complexity index is 562. The monoisotopic (exact) mass is 336 g/mol. The maximum absolute atomic E-state index is 13.4. The lowest BCUT2D eigenvalue weighted by atomic mass is 10.2. The van der Waals surface area contributed by atoms with Gasteiger partial charge in [0.1, 0.15) is 0 Å². The molecule has 0 aliphatic heterocycles. The lowest BCUT2D eigenvalue weighted by Gasteiger charge is -2.00. The Hall–Kier alpha value is -1.01. The predicted molar refractivity (Wildman–Crippen MR) is 66.4 cm³/mol. The van der Waals surface area contributed by atoms with Crippen molar-refractivity contribution in [3.8, 4) is 11.4 Å². The van der Waals surface area contributed by atoms with Crippen molar-refractivity contribution >= 4 is 27.5 Å². The summed E-state index contributed by atoms with van der Waals surface area (Å²) in [6, 6.07) is 2.41. The number of aromatic nitrogens is 2. The molecule has 0 unspecified atom stereocenters. The lowest BCUT2D eigenvalue weighted by Crippen LogP contribution is -1.91. The van der Waals surface area contributed by atoms with Crippen molar-refractivity contribution in [3.05, 3.63) is 34.1 Å². The molecule has 0 fully saturated rings. The van der Waals surface area contributed by atoms with E-state index < -0.39 is 11.6 Å². The van der Waals surface area contributed by atoms with Crippen molar-refractivity contribution in [1.29, 1.82) is 0 Å². The molecule has 3 nitrogen and oxygen atoms in total. The molecule has 1 aromatic heterocycles. The number of benzene rings is 1. The molecular formula is C11H8BrClF2N2O. The van der Waals surface area contributed by atoms with Crippen molar-refractivity contribution in [2.45, 2.75) is 12.8 Å². The van der Waals surface area contributed by atoms with Gasteiger partial charge in [0.2, 0.25) is 11.7 Å². The van der Waals surface area contributed by atoms with Crippen LogP contribution in [0.2, 0.25) is 0 Å². The maximum Gasteiger partial charge on any atom is 0.227 e. The number of alkyl halides is 1. The predicted octanol–water partition coefficient (Wildman–Crippen LogP) is 3.95. The minimum atomic E-state index is -0.973. The van der Waals surface area contributed by atoms with Crippen LogP contribution in [-0.2, 0) is 6.42 Å². The smallest absolute Gasteiger partial charge is 0.227 e. The Morgan fingerprint density at radius 3 is 2.83 bits per heavy atom. The van der Waals surface area contributed by atoms with E-state index in [1.165, 1.54) is 6.07 Å². The van der Waals surface area contributed by atoms with Gasteiger partial charge in [-0.15, -0.1) is 11.6 Å². The van der Waals surface area contributed by atoms with Crippen LogP contribution in [0.15, 0.2) is 21.1 Å². The van der Waals surface area contributed by atoms with Crippen LogP contribution in [0.25, 0.3) is 11.4 Å². The largest absolute Gasteiger partial charge is 0.339 e. The fraction of sp³-hybridized carbons (Fsp3) is 0.273. The Labute approximate surface area is 115 Å². The molecule has 2 aromatic rings. The van der Waals surface area contributed by atoms with E-state index >= 15 is 0 Å². The Morgan fingerprint density at radius 1 is 1.33 bits per heavy atom. The van der Waals surface area contributed by atoms with Crippen LogP contribution in [0.1, 0.15) is 12.3 Å². The molecule has 0 aliphatic rings. The minimum absolute atomic E-state index is 0.0211. The summed E-state index contributed by atoms with van der Waals surface area (Å²) in [5, 5.41) is 3.72. The molecule has 0 bridgehead atoms. The van der Waals surface area contributed by atoms with Gasteiger partial charge < -0.3 is 4.52 Å². The number of rotatable bonds is 4. The summed E-state index contributed by atoms with van der Waals surface area (Å²) in [6.45, 7) is 0. The molecule has 18 heavy (non-hydrogen) atoms. The van der Waals surface area contributed by atoms with Gasteiger partial charge in [0.25, 0.3) is 0 Å². The number of hydrogen-bond acceptors (Lipinski definition) is 3. The van der Waals surface area contributed by atoms with Crippen molar-refractivity contribution in [2.75, 3.05) is 5.88 Å². The van der Waals surface area contributed by atoms with Gasteiger partial charge in [-0.3, -0.25) is 0 Å². The van der Waals surface area contributed by atoms with Gasteiger partial charge in [-0.25, -0.2) is 8.78 Å². The van der Waals surface area contributed by atoms with E-state index in [2.05, 4.69) is 26.1 Å². The van der Waals surface area contributed by atoms with Gasteiger partial charge >= 0.3 is 0 Å². The molecule has 7 heteroatoms. The molecule has 0 aliphatic carbocycles. The average molecular weight is 338 g/mol. The average Bonchev–Trinajstić information content (AvgIpc) is 2.82. The molecule has 0 atom stereocenters. The quantitative estimate of drug-likeness (QED) is 0.626. The molecule has 0 amide bonds. The van der Waals surface area contributed by atoms with Gasteiger partial charge in [0.15, 0.2) is 11.6 Å². The number of hydrogen-bond donors (Lipinski definition) is 0. The van der Waals surface area contributed by atoms with Crippen LogP contribution >= 0.6 is 27.5 Å². The minimum Gasteiger partial charge on any atom is -0.339 e. The second-order valence-electron chi connectivity index (χ2n) is 3.53. The zero-order chi connectivity index (χ0) is 13.1. The van der Waals surface area contributed by atoms with E-state index in [4.69, 9.17) is 16.1 Å². The first-order valence-electron chi connectivity index (χ1n) is 5.16. The second-order valence-corrected chi connectivity index (χ2v) is 4.70. The molecule has 1 aromatic carbocycles. The summed E-state index contributed by atoms with van der Waals surface area (Å²) < 4.78 is 31.3. The van der Waals surface area contributed by atoms with Gasteiger partial charge in [-0.2, -0.15) is 4.98 Å². The van der Waals surface area contributed by atoms with Crippen molar-refractivity contribution in [2.24, 2.45) is 0 Å². The topological polar surface area (TPSA) is 38.9 Å². The van der Waals surface area contributed by atoms with Gasteiger partial charge in [0.05, 0.1) is 4.47 Å². The summed E-state index contributed by atoms with van der Waals surface area (Å²) in [4.78, 5) is 4.09. The van der Waals surface area contributed by atoms with Crippen LogP contribution in [0, 0.1) is 11.6 Å². The fourth-order valence-electron chi connectivity index (χ4n) is 1.38. The van der Waals surface area contributed by atoms with Crippen LogP contribution in [0.5, 0.6) is 0 Å². The highest BCUT2D eigenvalue weighted by Gasteiger charge is 2.16. The highest BCUT2D eigenvalue weighted by atomic mass is 79.9. The third-order valence-electron chi connectivity index (χ3n) is 2.27. The molecule has 0 saturated carbocycles. The van der Waals surface area contributed by atoms with Crippen LogP contribution in [0.3, 0.4) is 0 Å². The van der Waals surface area contributed by atoms with E-state index in [9.17, 15) is 8.78 Å². The van der Waals surface area contributed by atoms with Gasteiger partial charge in [0, 0.05) is 17.9 Å². The summed E-state index contributed by atoms with van der Waals surface area (Å²) in [5.74, 6) is -0.782. The summed E-state index contributed by atoms with van der Waals surface area (Å²) >= 11 is 8.52. The molecule has 2 rings (SSSR count). The molecule has 1 heterocycles. The Kier molecular flexibility index (Phi) is 4.29. The van der Waals surface area contributed by atoms with E-state index in [1.807, 2.05) is 0 Å². The number of halogens is 4. The maximum atomic E-state index is 13.4. The first-order valence-corrected chi connectivity index (χ1v) is 6.48. The van der Waals surface area contributed by atoms with Crippen molar-refractivity contribution in [3.63, 3.8) is 0 Å². The summed E-state index contributed by atoms with van der Waals surface area (Å²) in [7, 11) is 0. The van der Waals surface area contributed by atoms with Crippen LogP contribution < -0.4 is 0 Å². The van der Waals surface area contributed by atoms with E-state index in [0.29, 0.717) is 30.2 Å². The van der Waals surface area contributed by atoms with Gasteiger partial charge in [-0.05, 0) is 34.5 Å². The molecule has 0 N–H and O–H groups in total. The summed E-state index contributed by atoms with van der Waals surface area (Å²) in [5.41, 5.74) is 0.342. The number of aryl methyl sites for hydroxylation is 1. The molecule has 96 valence electrons. The molecule has 0 radical (unpaired) electrons. The lowest BCUT2D eigenvalue weighted by molar-refractivity contribution is 0.378. The highest BCUT2D eigenvalue weighted by Crippen LogP contribution is 2.29. The van der Waals surface area contributed by atoms with E-state index in [-0.39, 0.29) is 10.3 Å². The van der Waals surface area contributed by atoms with Crippen molar-refractivity contribution in [1.82, 2.24) is 10.1 Å². The standard InChI is InChI=1S/C11H8BrClF2N2O/c12-9-6(3-4-7(14)10(9)15)11-16-8(18-17-11)2-1-5-13/h3-4H,1-2,5H2.